The zero-order valence-electron chi connectivity index (χ0n) is 13.0. The molecule has 4 rings (SSSR count). The molecule has 0 saturated carbocycles. The van der Waals surface area contributed by atoms with Gasteiger partial charge in [-0.25, -0.2) is 4.39 Å². The maximum absolute atomic E-state index is 14.2. The van der Waals surface area contributed by atoms with Gasteiger partial charge in [0.1, 0.15) is 5.82 Å². The molecule has 4 aromatic carbocycles. The minimum Gasteiger partial charge on any atom is -0.355 e. The van der Waals surface area contributed by atoms with Crippen LogP contribution in [0, 0.1) is 5.82 Å². The van der Waals surface area contributed by atoms with Crippen LogP contribution in [0.5, 0.6) is 0 Å². The number of para-hydroxylation sites is 1. The Morgan fingerprint density at radius 2 is 1.38 bits per heavy atom. The van der Waals surface area contributed by atoms with Crippen LogP contribution in [0.2, 0.25) is 0 Å². The molecule has 0 aliphatic rings. The molecule has 2 heteroatoms. The highest BCUT2D eigenvalue weighted by molar-refractivity contribution is 5.97. The topological polar surface area (TPSA) is 12.0 Å². The molecule has 0 aliphatic carbocycles. The highest BCUT2D eigenvalue weighted by atomic mass is 19.1. The van der Waals surface area contributed by atoms with Crippen molar-refractivity contribution in [2.75, 3.05) is 5.32 Å². The van der Waals surface area contributed by atoms with E-state index in [-0.39, 0.29) is 5.82 Å². The quantitative estimate of drug-likeness (QED) is 0.462. The van der Waals surface area contributed by atoms with Crippen molar-refractivity contribution in [2.24, 2.45) is 0 Å². The van der Waals surface area contributed by atoms with Gasteiger partial charge in [-0.3, -0.25) is 0 Å². The zero-order valence-corrected chi connectivity index (χ0v) is 13.0. The Morgan fingerprint density at radius 3 is 2.25 bits per heavy atom. The molecule has 1 nitrogen and oxygen atoms in total. The summed E-state index contributed by atoms with van der Waals surface area (Å²) in [5, 5.41) is 5.53. The predicted molar refractivity (Wildman–Crippen MR) is 99.1 cm³/mol. The second-order valence-electron chi connectivity index (χ2n) is 5.75. The lowest BCUT2D eigenvalue weighted by molar-refractivity contribution is 0.629. The van der Waals surface area contributed by atoms with Crippen LogP contribution in [0.3, 0.4) is 0 Å². The lowest BCUT2D eigenvalue weighted by atomic mass is 9.98. The van der Waals surface area contributed by atoms with E-state index in [1.807, 2.05) is 60.7 Å². The fraction of sp³-hybridized carbons (Fsp3) is 0. The Bertz CT molecular complexity index is 988. The number of fused-ring (bicyclic) bond motifs is 1. The average Bonchev–Trinajstić information content (AvgIpc) is 2.61. The van der Waals surface area contributed by atoms with Gasteiger partial charge >= 0.3 is 0 Å². The molecular formula is C22H16FN. The third-order valence-corrected chi connectivity index (χ3v) is 4.06. The normalized spacial score (nSPS) is 10.7. The van der Waals surface area contributed by atoms with E-state index >= 15 is 0 Å². The van der Waals surface area contributed by atoms with Crippen molar-refractivity contribution >= 4 is 22.1 Å². The van der Waals surface area contributed by atoms with Crippen LogP contribution in [0.1, 0.15) is 0 Å². The third kappa shape index (κ3) is 2.86. The van der Waals surface area contributed by atoms with Gasteiger partial charge in [0.05, 0.1) is 0 Å². The molecule has 1 N–H and O–H groups in total. The van der Waals surface area contributed by atoms with E-state index in [9.17, 15) is 4.39 Å². The third-order valence-electron chi connectivity index (χ3n) is 4.06. The van der Waals surface area contributed by atoms with E-state index in [0.717, 1.165) is 33.3 Å². The first-order chi connectivity index (χ1) is 11.8. The largest absolute Gasteiger partial charge is 0.355 e. The summed E-state index contributed by atoms with van der Waals surface area (Å²) in [6, 6.07) is 29.1. The summed E-state index contributed by atoms with van der Waals surface area (Å²) in [5.41, 5.74) is 3.57. The zero-order chi connectivity index (χ0) is 16.4. The highest BCUT2D eigenvalue weighted by Gasteiger charge is 2.07. The SMILES string of the molecule is Fc1cc(Nc2ccccc2)cc(-c2cccc3ccccc23)c1. The molecule has 0 fully saturated rings. The first kappa shape index (κ1) is 14.5. The van der Waals surface area contributed by atoms with Crippen molar-refractivity contribution in [3.05, 3.63) is 96.8 Å². The summed E-state index contributed by atoms with van der Waals surface area (Å²) in [7, 11) is 0. The Hall–Kier alpha value is -3.13. The van der Waals surface area contributed by atoms with Gasteiger partial charge in [-0.1, -0.05) is 60.7 Å². The molecule has 0 radical (unpaired) electrons. The lowest BCUT2D eigenvalue weighted by Crippen LogP contribution is -1.92. The van der Waals surface area contributed by atoms with E-state index < -0.39 is 0 Å². The number of halogens is 1. The average molecular weight is 313 g/mol. The highest BCUT2D eigenvalue weighted by Crippen LogP contribution is 2.31. The van der Waals surface area contributed by atoms with Gasteiger partial charge in [-0.2, -0.15) is 0 Å². The lowest BCUT2D eigenvalue weighted by Gasteiger charge is -2.11. The van der Waals surface area contributed by atoms with E-state index in [4.69, 9.17) is 0 Å². The Morgan fingerprint density at radius 1 is 0.625 bits per heavy atom. The second kappa shape index (κ2) is 6.17. The molecule has 0 bridgehead atoms. The summed E-state index contributed by atoms with van der Waals surface area (Å²) in [6.07, 6.45) is 0. The summed E-state index contributed by atoms with van der Waals surface area (Å²) in [5.74, 6) is -0.251. The predicted octanol–water partition coefficient (Wildman–Crippen LogP) is 6.39. The van der Waals surface area contributed by atoms with E-state index in [2.05, 4.69) is 23.5 Å². The molecule has 0 aliphatic heterocycles. The molecule has 4 aromatic rings. The molecule has 0 spiro atoms. The number of anilines is 2. The van der Waals surface area contributed by atoms with Gasteiger partial charge in [0, 0.05) is 11.4 Å². The first-order valence-electron chi connectivity index (χ1n) is 7.90. The van der Waals surface area contributed by atoms with Crippen LogP contribution in [-0.4, -0.2) is 0 Å². The molecular weight excluding hydrogens is 297 g/mol. The van der Waals surface area contributed by atoms with Crippen LogP contribution >= 0.6 is 0 Å². The number of benzene rings is 4. The first-order valence-corrected chi connectivity index (χ1v) is 7.90. The van der Waals surface area contributed by atoms with E-state index in [0.29, 0.717) is 0 Å². The molecule has 0 saturated heterocycles. The Labute approximate surface area is 140 Å². The molecule has 0 atom stereocenters. The summed E-state index contributed by atoms with van der Waals surface area (Å²) in [4.78, 5) is 0. The van der Waals surface area contributed by atoms with Gasteiger partial charge in [0.15, 0.2) is 0 Å². The fourth-order valence-electron chi connectivity index (χ4n) is 2.98. The Balaban J connectivity index is 1.81. The van der Waals surface area contributed by atoms with Crippen molar-refractivity contribution < 1.29 is 4.39 Å². The number of rotatable bonds is 3. The van der Waals surface area contributed by atoms with E-state index in [1.54, 1.807) is 6.07 Å². The maximum atomic E-state index is 14.2. The minimum atomic E-state index is -0.251. The molecule has 0 unspecified atom stereocenters. The van der Waals surface area contributed by atoms with Gasteiger partial charge in [-0.05, 0) is 52.2 Å². The molecule has 0 aromatic heterocycles. The minimum absolute atomic E-state index is 0.251. The summed E-state index contributed by atoms with van der Waals surface area (Å²) in [6.45, 7) is 0. The smallest absolute Gasteiger partial charge is 0.125 e. The summed E-state index contributed by atoms with van der Waals surface area (Å²) >= 11 is 0. The van der Waals surface area contributed by atoms with Gasteiger partial charge in [0.2, 0.25) is 0 Å². The van der Waals surface area contributed by atoms with Gasteiger partial charge in [-0.15, -0.1) is 0 Å². The van der Waals surface area contributed by atoms with Gasteiger partial charge in [0.25, 0.3) is 0 Å². The monoisotopic (exact) mass is 313 g/mol. The van der Waals surface area contributed by atoms with Crippen molar-refractivity contribution in [1.29, 1.82) is 0 Å². The van der Waals surface area contributed by atoms with Crippen LogP contribution < -0.4 is 5.32 Å². The van der Waals surface area contributed by atoms with Crippen LogP contribution in [0.25, 0.3) is 21.9 Å². The Kier molecular flexibility index (Phi) is 3.72. The molecule has 24 heavy (non-hydrogen) atoms. The van der Waals surface area contributed by atoms with Crippen LogP contribution in [0.15, 0.2) is 91.0 Å². The number of hydrogen-bond acceptors (Lipinski definition) is 1. The van der Waals surface area contributed by atoms with Crippen molar-refractivity contribution in [3.63, 3.8) is 0 Å². The van der Waals surface area contributed by atoms with Crippen molar-refractivity contribution in [3.8, 4) is 11.1 Å². The molecule has 116 valence electrons. The number of hydrogen-bond donors (Lipinski definition) is 1. The maximum Gasteiger partial charge on any atom is 0.125 e. The molecule has 0 amide bonds. The fourth-order valence-corrected chi connectivity index (χ4v) is 2.98. The number of nitrogens with one attached hydrogen (secondary N) is 1. The van der Waals surface area contributed by atoms with Crippen molar-refractivity contribution in [1.82, 2.24) is 0 Å². The molecule has 0 heterocycles. The second-order valence-corrected chi connectivity index (χ2v) is 5.75. The van der Waals surface area contributed by atoms with Crippen LogP contribution in [-0.2, 0) is 0 Å². The standard InChI is InChI=1S/C22H16FN/c23-18-13-17(14-20(15-18)24-19-9-2-1-3-10-19)22-12-6-8-16-7-4-5-11-21(16)22/h1-15,24H. The van der Waals surface area contributed by atoms with Gasteiger partial charge < -0.3 is 5.32 Å². The van der Waals surface area contributed by atoms with Crippen LogP contribution in [0.4, 0.5) is 15.8 Å². The van der Waals surface area contributed by atoms with Crippen molar-refractivity contribution in [2.45, 2.75) is 0 Å². The van der Waals surface area contributed by atoms with E-state index in [1.165, 1.54) is 6.07 Å². The summed E-state index contributed by atoms with van der Waals surface area (Å²) < 4.78 is 14.2.